The van der Waals surface area contributed by atoms with Gasteiger partial charge in [0.25, 0.3) is 5.91 Å². The zero-order chi connectivity index (χ0) is 29.6. The highest BCUT2D eigenvalue weighted by molar-refractivity contribution is 5.97. The molecule has 0 radical (unpaired) electrons. The van der Waals surface area contributed by atoms with Crippen LogP contribution in [0.15, 0.2) is 47.5 Å². The molecule has 0 saturated carbocycles. The molecule has 0 saturated heterocycles. The van der Waals surface area contributed by atoms with Crippen LogP contribution in [0, 0.1) is 0 Å². The van der Waals surface area contributed by atoms with Gasteiger partial charge in [-0.25, -0.2) is 15.6 Å². The number of carbonyl (C=O) groups is 4. The van der Waals surface area contributed by atoms with E-state index in [4.69, 9.17) is 25.2 Å². The normalized spacial score (nSPS) is 11.4. The van der Waals surface area contributed by atoms with Gasteiger partial charge in [0.15, 0.2) is 0 Å². The minimum atomic E-state index is -5.08. The summed E-state index contributed by atoms with van der Waals surface area (Å²) in [4.78, 5) is 49.0. The van der Waals surface area contributed by atoms with Gasteiger partial charge in [0.1, 0.15) is 17.8 Å². The van der Waals surface area contributed by atoms with E-state index in [-0.39, 0.29) is 13.0 Å². The maximum atomic E-state index is 12.4. The Kier molecular flexibility index (Phi) is 12.7. The number of carboxylic acid groups (broad SMARTS) is 2. The molecule has 13 nitrogen and oxygen atoms in total. The highest BCUT2D eigenvalue weighted by atomic mass is 19.4. The number of benzene rings is 2. The van der Waals surface area contributed by atoms with E-state index in [1.165, 1.54) is 26.6 Å². The molecule has 0 bridgehead atoms. The number of methoxy groups -OCH3 is 2. The van der Waals surface area contributed by atoms with Crippen LogP contribution in [0.1, 0.15) is 28.4 Å². The van der Waals surface area contributed by atoms with Crippen molar-refractivity contribution in [3.63, 3.8) is 0 Å². The summed E-state index contributed by atoms with van der Waals surface area (Å²) in [6.45, 7) is -0.353. The number of hydrogen-bond acceptors (Lipinski definition) is 8. The van der Waals surface area contributed by atoms with Gasteiger partial charge in [-0.2, -0.15) is 13.2 Å². The Morgan fingerprint density at radius 2 is 1.64 bits per heavy atom. The fourth-order valence-electron chi connectivity index (χ4n) is 2.80. The summed E-state index contributed by atoms with van der Waals surface area (Å²) < 4.78 is 42.1. The lowest BCUT2D eigenvalue weighted by molar-refractivity contribution is -0.192. The first-order valence-corrected chi connectivity index (χ1v) is 10.7. The number of carbonyl (C=O) groups excluding carboxylic acids is 2. The summed E-state index contributed by atoms with van der Waals surface area (Å²) in [7, 11) is 2.93. The van der Waals surface area contributed by atoms with Crippen LogP contribution in [0.2, 0.25) is 0 Å². The Labute approximate surface area is 219 Å². The lowest BCUT2D eigenvalue weighted by atomic mass is 10.0. The van der Waals surface area contributed by atoms with Gasteiger partial charge >= 0.3 is 18.1 Å². The topological polar surface area (TPSA) is 202 Å². The minimum absolute atomic E-state index is 0.295. The molecule has 0 aromatic heterocycles. The average Bonchev–Trinajstić information content (AvgIpc) is 2.89. The number of amides is 2. The molecule has 0 spiro atoms. The molecule has 16 heteroatoms. The number of halogens is 3. The molecule has 39 heavy (non-hydrogen) atoms. The molecule has 0 fully saturated rings. The maximum absolute atomic E-state index is 12.4. The Balaban J connectivity index is 0.000000956. The molecule has 0 heterocycles. The fourth-order valence-corrected chi connectivity index (χ4v) is 2.80. The van der Waals surface area contributed by atoms with Crippen molar-refractivity contribution in [3.05, 3.63) is 53.6 Å². The predicted octanol–water partition coefficient (Wildman–Crippen LogP) is 1.52. The van der Waals surface area contributed by atoms with E-state index in [1.807, 2.05) is 0 Å². The highest BCUT2D eigenvalue weighted by Crippen LogP contribution is 2.28. The molecule has 2 rings (SSSR count). The number of rotatable bonds is 11. The van der Waals surface area contributed by atoms with Crippen molar-refractivity contribution in [2.45, 2.75) is 18.6 Å². The maximum Gasteiger partial charge on any atom is 0.490 e. The van der Waals surface area contributed by atoms with Crippen LogP contribution < -0.4 is 31.4 Å². The third kappa shape index (κ3) is 11.8. The Morgan fingerprint density at radius 3 is 2.13 bits per heavy atom. The Hall–Kier alpha value is -4.86. The first kappa shape index (κ1) is 32.2. The lowest BCUT2D eigenvalue weighted by Crippen LogP contribution is -2.39. The van der Waals surface area contributed by atoms with Crippen LogP contribution in [0.5, 0.6) is 11.5 Å². The van der Waals surface area contributed by atoms with Gasteiger partial charge in [0.05, 0.1) is 38.9 Å². The summed E-state index contributed by atoms with van der Waals surface area (Å²) >= 11 is 0. The third-order valence-corrected chi connectivity index (χ3v) is 4.54. The number of aliphatic carboxylic acids is 2. The van der Waals surface area contributed by atoms with Gasteiger partial charge in [0.2, 0.25) is 5.91 Å². The summed E-state index contributed by atoms with van der Waals surface area (Å²) in [6.07, 6.45) is -4.19. The number of carboxylic acids is 2. The smallest absolute Gasteiger partial charge is 0.490 e. The van der Waals surface area contributed by atoms with Gasteiger partial charge in [-0.1, -0.05) is 6.07 Å². The van der Waals surface area contributed by atoms with Crippen molar-refractivity contribution in [2.24, 2.45) is 10.8 Å². The number of nitrogens with two attached hydrogens (primary N) is 1. The number of hydrazine groups is 1. The van der Waals surface area contributed by atoms with Crippen molar-refractivity contribution in [3.8, 4) is 11.5 Å². The number of alkyl halides is 3. The summed E-state index contributed by atoms with van der Waals surface area (Å²) in [5.41, 5.74) is 3.54. The molecule has 7 N–H and O–H groups in total. The monoisotopic (exact) mass is 557 g/mol. The Bertz CT molecular complexity index is 1170. The van der Waals surface area contributed by atoms with Crippen LogP contribution in [-0.2, 0) is 14.4 Å². The van der Waals surface area contributed by atoms with Gasteiger partial charge < -0.3 is 35.7 Å². The first-order valence-electron chi connectivity index (χ1n) is 10.7. The van der Waals surface area contributed by atoms with Crippen molar-refractivity contribution in [1.29, 1.82) is 0 Å². The SMILES string of the molecule is COc1cc(OC)cc(C(CC(=O)O)NC(=O)CNC(=O)c2cccc(N=CNN)c2)c1.O=C(O)C(F)(F)F. The van der Waals surface area contributed by atoms with Crippen LogP contribution in [0.3, 0.4) is 0 Å². The Morgan fingerprint density at radius 1 is 1.05 bits per heavy atom. The van der Waals surface area contributed by atoms with E-state index in [9.17, 15) is 32.7 Å². The van der Waals surface area contributed by atoms with E-state index in [0.717, 1.165) is 0 Å². The summed E-state index contributed by atoms with van der Waals surface area (Å²) in [6, 6.07) is 10.4. The number of nitrogens with one attached hydrogen (secondary N) is 3. The van der Waals surface area contributed by atoms with Crippen molar-refractivity contribution < 1.29 is 52.0 Å². The molecular formula is C23H26F3N5O8. The van der Waals surface area contributed by atoms with Gasteiger partial charge in [-0.3, -0.25) is 14.4 Å². The second-order valence-electron chi connectivity index (χ2n) is 7.32. The van der Waals surface area contributed by atoms with Crippen molar-refractivity contribution >= 4 is 35.8 Å². The van der Waals surface area contributed by atoms with E-state index in [1.54, 1.807) is 36.4 Å². The van der Waals surface area contributed by atoms with Crippen molar-refractivity contribution in [1.82, 2.24) is 16.1 Å². The summed E-state index contributed by atoms with van der Waals surface area (Å²) in [5, 5.41) is 21.5. The third-order valence-electron chi connectivity index (χ3n) is 4.54. The van der Waals surface area contributed by atoms with Crippen molar-refractivity contribution in [2.75, 3.05) is 20.8 Å². The molecule has 0 aliphatic carbocycles. The second-order valence-corrected chi connectivity index (χ2v) is 7.32. The van der Waals surface area contributed by atoms with Crippen LogP contribution in [0.25, 0.3) is 0 Å². The number of ether oxygens (including phenoxy) is 2. The largest absolute Gasteiger partial charge is 0.497 e. The highest BCUT2D eigenvalue weighted by Gasteiger charge is 2.38. The quantitative estimate of drug-likeness (QED) is 0.102. The molecule has 0 aliphatic heterocycles. The number of aliphatic imine (C=N–C) groups is 1. The summed E-state index contributed by atoms with van der Waals surface area (Å²) in [5.74, 6) is 1.11. The predicted molar refractivity (Wildman–Crippen MR) is 131 cm³/mol. The van der Waals surface area contributed by atoms with Gasteiger partial charge in [-0.15, -0.1) is 0 Å². The van der Waals surface area contributed by atoms with E-state index in [2.05, 4.69) is 21.1 Å². The molecule has 0 aliphatic rings. The zero-order valence-electron chi connectivity index (χ0n) is 20.6. The second kappa shape index (κ2) is 15.4. The minimum Gasteiger partial charge on any atom is -0.497 e. The van der Waals surface area contributed by atoms with Crippen LogP contribution in [0.4, 0.5) is 18.9 Å². The van der Waals surface area contributed by atoms with Crippen LogP contribution in [-0.4, -0.2) is 67.2 Å². The van der Waals surface area contributed by atoms with E-state index < -0.39 is 36.0 Å². The standard InChI is InChI=1S/C21H25N5O6.C2HF3O2/c1-31-16-7-14(8-17(9-16)32-2)18(10-20(28)29)26-19(27)11-23-21(30)13-4-3-5-15(6-13)24-12-25-22;3-2(4,5)1(6)7/h3-9,12,18H,10-11,22H2,1-2H3,(H,23,30)(H,24,25)(H,26,27)(H,28,29);(H,6,7). The zero-order valence-corrected chi connectivity index (χ0v) is 20.6. The van der Waals surface area contributed by atoms with Crippen LogP contribution >= 0.6 is 0 Å². The van der Waals surface area contributed by atoms with Gasteiger partial charge in [-0.05, 0) is 35.9 Å². The molecule has 2 amide bonds. The number of hydrogen-bond donors (Lipinski definition) is 6. The molecule has 2 aromatic carbocycles. The molecule has 212 valence electrons. The lowest BCUT2D eigenvalue weighted by Gasteiger charge is -2.19. The van der Waals surface area contributed by atoms with Gasteiger partial charge in [0, 0.05) is 11.6 Å². The fraction of sp³-hybridized carbons (Fsp3) is 0.261. The molecule has 1 atom stereocenters. The molecule has 2 aromatic rings. The molecular weight excluding hydrogens is 531 g/mol. The average molecular weight is 557 g/mol. The number of nitrogens with zero attached hydrogens (tertiary/aromatic N) is 1. The van der Waals surface area contributed by atoms with E-state index >= 15 is 0 Å². The molecule has 1 unspecified atom stereocenters. The first-order chi connectivity index (χ1) is 18.3. The van der Waals surface area contributed by atoms with E-state index in [0.29, 0.717) is 28.3 Å².